The molecule has 0 unspecified atom stereocenters. The number of hydrogen-bond acceptors (Lipinski definition) is 3. The molecule has 1 aromatic heterocycles. The molecule has 1 aliphatic heterocycles. The summed E-state index contributed by atoms with van der Waals surface area (Å²) in [7, 11) is 0. The summed E-state index contributed by atoms with van der Waals surface area (Å²) >= 11 is 0. The van der Waals surface area contributed by atoms with E-state index >= 15 is 0 Å². The van der Waals surface area contributed by atoms with E-state index in [4.69, 9.17) is 0 Å². The van der Waals surface area contributed by atoms with E-state index in [2.05, 4.69) is 26.3 Å². The number of aromatic nitrogens is 2. The molecule has 5 heteroatoms. The van der Waals surface area contributed by atoms with E-state index in [1.54, 1.807) is 6.33 Å². The van der Waals surface area contributed by atoms with Gasteiger partial charge >= 0.3 is 0 Å². The van der Waals surface area contributed by atoms with Crippen molar-refractivity contribution in [3.8, 4) is 0 Å². The van der Waals surface area contributed by atoms with Crippen molar-refractivity contribution < 1.29 is 4.79 Å². The number of hydrogen-bond donors (Lipinski definition) is 2. The minimum Gasteiger partial charge on any atom is -0.352 e. The molecule has 0 aliphatic carbocycles. The van der Waals surface area contributed by atoms with Crippen LogP contribution in [0.4, 0.5) is 0 Å². The first-order chi connectivity index (χ1) is 12.8. The summed E-state index contributed by atoms with van der Waals surface area (Å²) in [6, 6.07) is 14.0. The van der Waals surface area contributed by atoms with Crippen molar-refractivity contribution >= 4 is 16.7 Å². The zero-order valence-electron chi connectivity index (χ0n) is 14.9. The molecule has 0 atom stereocenters. The molecule has 0 spiro atoms. The molecule has 0 saturated heterocycles. The maximum Gasteiger partial charge on any atom is 0.251 e. The van der Waals surface area contributed by atoms with Crippen LogP contribution in [0.5, 0.6) is 0 Å². The van der Waals surface area contributed by atoms with Crippen LogP contribution in [0.15, 0.2) is 48.8 Å². The number of rotatable bonds is 6. The Balaban J connectivity index is 1.20. The number of nitrogens with one attached hydrogen (secondary N) is 2. The Bertz CT molecular complexity index is 902. The number of imidazole rings is 1. The molecule has 0 fully saturated rings. The molecule has 2 aromatic carbocycles. The number of nitrogens with zero attached hydrogens (tertiary/aromatic N) is 2. The lowest BCUT2D eigenvalue weighted by molar-refractivity contribution is 0.0952. The molecule has 0 bridgehead atoms. The number of carbonyl (C=O) groups is 1. The highest BCUT2D eigenvalue weighted by molar-refractivity contribution is 5.98. The summed E-state index contributed by atoms with van der Waals surface area (Å²) in [5.74, 6) is 0.0100. The van der Waals surface area contributed by atoms with Crippen LogP contribution in [-0.4, -0.2) is 40.4 Å². The van der Waals surface area contributed by atoms with Crippen LogP contribution in [0.1, 0.15) is 34.6 Å². The van der Waals surface area contributed by atoms with Gasteiger partial charge in [-0.05, 0) is 42.3 Å². The van der Waals surface area contributed by atoms with Crippen molar-refractivity contribution in [2.45, 2.75) is 25.8 Å². The first-order valence-corrected chi connectivity index (χ1v) is 9.30. The molecule has 5 nitrogen and oxygen atoms in total. The Morgan fingerprint density at radius 3 is 2.96 bits per heavy atom. The molecule has 2 N–H and O–H groups in total. The fourth-order valence-corrected chi connectivity index (χ4v) is 3.55. The predicted molar refractivity (Wildman–Crippen MR) is 103 cm³/mol. The highest BCUT2D eigenvalue weighted by Gasteiger charge is 2.17. The summed E-state index contributed by atoms with van der Waals surface area (Å²) in [6.45, 7) is 3.80. The van der Waals surface area contributed by atoms with Crippen LogP contribution in [-0.2, 0) is 13.0 Å². The number of carbonyl (C=O) groups excluding carboxylic acids is 1. The second-order valence-electron chi connectivity index (χ2n) is 6.88. The van der Waals surface area contributed by atoms with Crippen molar-refractivity contribution in [3.63, 3.8) is 0 Å². The van der Waals surface area contributed by atoms with Crippen molar-refractivity contribution in [2.24, 2.45) is 0 Å². The molecule has 26 heavy (non-hydrogen) atoms. The van der Waals surface area contributed by atoms with Gasteiger partial charge < -0.3 is 10.3 Å². The summed E-state index contributed by atoms with van der Waals surface area (Å²) in [4.78, 5) is 22.3. The minimum atomic E-state index is 0.0100. The third-order valence-corrected chi connectivity index (χ3v) is 5.05. The van der Waals surface area contributed by atoms with Gasteiger partial charge in [0, 0.05) is 31.6 Å². The van der Waals surface area contributed by atoms with Crippen LogP contribution in [0, 0.1) is 0 Å². The maximum atomic E-state index is 12.3. The van der Waals surface area contributed by atoms with E-state index in [1.807, 2.05) is 36.4 Å². The smallest absolute Gasteiger partial charge is 0.251 e. The van der Waals surface area contributed by atoms with Crippen LogP contribution < -0.4 is 5.32 Å². The van der Waals surface area contributed by atoms with Gasteiger partial charge in [-0.3, -0.25) is 9.69 Å². The summed E-state index contributed by atoms with van der Waals surface area (Å²) in [6.07, 6.45) is 4.89. The molecule has 1 amide bonds. The molecule has 134 valence electrons. The Morgan fingerprint density at radius 1 is 1.15 bits per heavy atom. The zero-order chi connectivity index (χ0) is 17.8. The van der Waals surface area contributed by atoms with Gasteiger partial charge in [-0.2, -0.15) is 0 Å². The van der Waals surface area contributed by atoms with Gasteiger partial charge in [0.05, 0.1) is 17.7 Å². The largest absolute Gasteiger partial charge is 0.352 e. The number of aromatic amines is 1. The SMILES string of the molecule is O=C(NCCCCN1CCc2nc[nH]c2C1)c1ccc2ccccc2c1. The topological polar surface area (TPSA) is 61.0 Å². The lowest BCUT2D eigenvalue weighted by atomic mass is 10.1. The molecule has 0 radical (unpaired) electrons. The van der Waals surface area contributed by atoms with Crippen molar-refractivity contribution in [2.75, 3.05) is 19.6 Å². The number of benzene rings is 2. The first kappa shape index (κ1) is 16.8. The van der Waals surface area contributed by atoms with Gasteiger partial charge in [0.25, 0.3) is 5.91 Å². The van der Waals surface area contributed by atoms with E-state index in [1.165, 1.54) is 11.4 Å². The normalized spacial score (nSPS) is 14.3. The van der Waals surface area contributed by atoms with E-state index in [-0.39, 0.29) is 5.91 Å². The van der Waals surface area contributed by atoms with Crippen LogP contribution in [0.2, 0.25) is 0 Å². The lowest BCUT2D eigenvalue weighted by Crippen LogP contribution is -2.32. The van der Waals surface area contributed by atoms with E-state index in [9.17, 15) is 4.79 Å². The molecule has 2 heterocycles. The molecule has 1 aliphatic rings. The van der Waals surface area contributed by atoms with Gasteiger partial charge in [-0.15, -0.1) is 0 Å². The summed E-state index contributed by atoms with van der Waals surface area (Å²) < 4.78 is 0. The van der Waals surface area contributed by atoms with Crippen molar-refractivity contribution in [3.05, 3.63) is 65.7 Å². The quantitative estimate of drug-likeness (QED) is 0.673. The van der Waals surface area contributed by atoms with Crippen molar-refractivity contribution in [1.29, 1.82) is 0 Å². The van der Waals surface area contributed by atoms with Crippen LogP contribution >= 0.6 is 0 Å². The fourth-order valence-electron chi connectivity index (χ4n) is 3.55. The second kappa shape index (κ2) is 7.70. The molecular weight excluding hydrogens is 324 g/mol. The van der Waals surface area contributed by atoms with Gasteiger partial charge in [-0.1, -0.05) is 30.3 Å². The lowest BCUT2D eigenvalue weighted by Gasteiger charge is -2.25. The van der Waals surface area contributed by atoms with E-state index < -0.39 is 0 Å². The van der Waals surface area contributed by atoms with Gasteiger partial charge in [-0.25, -0.2) is 4.98 Å². The number of H-pyrrole nitrogens is 1. The van der Waals surface area contributed by atoms with Gasteiger partial charge in [0.2, 0.25) is 0 Å². The van der Waals surface area contributed by atoms with E-state index in [0.29, 0.717) is 0 Å². The Morgan fingerprint density at radius 2 is 2.04 bits per heavy atom. The Kier molecular flexibility index (Phi) is 4.97. The number of amides is 1. The molecule has 0 saturated carbocycles. The molecular formula is C21H24N4O. The Labute approximate surface area is 153 Å². The number of unbranched alkanes of at least 4 members (excludes halogenated alkanes) is 1. The monoisotopic (exact) mass is 348 g/mol. The average Bonchev–Trinajstić information content (AvgIpc) is 3.15. The highest BCUT2D eigenvalue weighted by Crippen LogP contribution is 2.16. The van der Waals surface area contributed by atoms with Crippen molar-refractivity contribution in [1.82, 2.24) is 20.2 Å². The Hall–Kier alpha value is -2.66. The first-order valence-electron chi connectivity index (χ1n) is 9.30. The summed E-state index contributed by atoms with van der Waals surface area (Å²) in [5, 5.41) is 5.30. The number of fused-ring (bicyclic) bond motifs is 2. The molecule has 3 aromatic rings. The van der Waals surface area contributed by atoms with Gasteiger partial charge in [0.1, 0.15) is 0 Å². The van der Waals surface area contributed by atoms with Gasteiger partial charge in [0.15, 0.2) is 0 Å². The van der Waals surface area contributed by atoms with Crippen LogP contribution in [0.3, 0.4) is 0 Å². The third-order valence-electron chi connectivity index (χ3n) is 5.05. The molecule has 4 rings (SSSR count). The average molecular weight is 348 g/mol. The highest BCUT2D eigenvalue weighted by atomic mass is 16.1. The minimum absolute atomic E-state index is 0.0100. The maximum absolute atomic E-state index is 12.3. The standard InChI is InChI=1S/C21H24N4O/c26-21(18-8-7-16-5-1-2-6-17(16)13-18)22-10-3-4-11-25-12-9-19-20(14-25)24-15-23-19/h1-2,5-8,13,15H,3-4,9-12,14H2,(H,22,26)(H,23,24). The second-order valence-corrected chi connectivity index (χ2v) is 6.88. The summed E-state index contributed by atoms with van der Waals surface area (Å²) in [5.41, 5.74) is 3.19. The fraction of sp³-hybridized carbons (Fsp3) is 0.333. The predicted octanol–water partition coefficient (Wildman–Crippen LogP) is 3.13. The third kappa shape index (κ3) is 3.78. The van der Waals surface area contributed by atoms with Crippen LogP contribution in [0.25, 0.3) is 10.8 Å². The van der Waals surface area contributed by atoms with E-state index in [0.717, 1.165) is 61.8 Å². The zero-order valence-corrected chi connectivity index (χ0v) is 14.9.